The molecule has 0 aliphatic carbocycles. The number of hydrogen-bond acceptors (Lipinski definition) is 9. The van der Waals surface area contributed by atoms with E-state index in [-0.39, 0.29) is 18.8 Å². The number of ether oxygens (including phenoxy) is 4. The minimum atomic E-state index is -1.21. The van der Waals surface area contributed by atoms with Gasteiger partial charge in [-0.15, -0.1) is 0 Å². The lowest BCUT2D eigenvalue weighted by atomic mass is 9.95. The van der Waals surface area contributed by atoms with Crippen molar-refractivity contribution < 1.29 is 33.6 Å². The number of rotatable bonds is 13. The molecule has 0 spiro atoms. The first-order valence-electron chi connectivity index (χ1n) is 13.7. The third kappa shape index (κ3) is 9.04. The molecule has 11 nitrogen and oxygen atoms in total. The zero-order chi connectivity index (χ0) is 32.5. The molecule has 4 rings (SSSR count). The highest BCUT2D eigenvalue weighted by Gasteiger charge is 2.32. The summed E-state index contributed by atoms with van der Waals surface area (Å²) in [6.45, 7) is 3.81. The lowest BCUT2D eigenvalue weighted by Crippen LogP contribution is -2.45. The van der Waals surface area contributed by atoms with E-state index >= 15 is 0 Å². The average molecular weight is 722 g/mol. The number of carbonyl (C=O) groups is 2. The maximum atomic E-state index is 12.5. The molecule has 3 aromatic rings. The second-order valence-corrected chi connectivity index (χ2v) is 11.4. The van der Waals surface area contributed by atoms with Gasteiger partial charge in [-0.05, 0) is 61.4 Å². The van der Waals surface area contributed by atoms with E-state index in [9.17, 15) is 14.7 Å². The van der Waals surface area contributed by atoms with Crippen molar-refractivity contribution in [3.63, 3.8) is 0 Å². The fourth-order valence-electron chi connectivity index (χ4n) is 4.38. The van der Waals surface area contributed by atoms with Crippen LogP contribution >= 0.6 is 39.1 Å². The van der Waals surface area contributed by atoms with Crippen molar-refractivity contribution in [2.45, 2.75) is 32.7 Å². The largest absolute Gasteiger partial charge is 0.490 e. The van der Waals surface area contributed by atoms with E-state index in [0.717, 1.165) is 10.0 Å². The molecule has 2 atom stereocenters. The van der Waals surface area contributed by atoms with Crippen molar-refractivity contribution in [2.75, 3.05) is 20.3 Å². The van der Waals surface area contributed by atoms with Crippen molar-refractivity contribution >= 4 is 57.3 Å². The normalized spacial score (nSPS) is 15.3. The highest BCUT2D eigenvalue weighted by Crippen LogP contribution is 2.35. The van der Waals surface area contributed by atoms with E-state index in [4.69, 9.17) is 42.1 Å². The molecule has 1 aliphatic heterocycles. The van der Waals surface area contributed by atoms with E-state index in [1.54, 1.807) is 44.2 Å². The molecule has 1 aliphatic rings. The van der Waals surface area contributed by atoms with Gasteiger partial charge in [-0.3, -0.25) is 5.43 Å². The highest BCUT2D eigenvalue weighted by molar-refractivity contribution is 9.10. The molecule has 1 heterocycles. The summed E-state index contributed by atoms with van der Waals surface area (Å²) in [5.74, 6) is 0.478. The molecular formula is C31H31BrCl2N4O7. The van der Waals surface area contributed by atoms with Gasteiger partial charge in [0.1, 0.15) is 19.0 Å². The second-order valence-electron chi connectivity index (χ2n) is 9.64. The average Bonchev–Trinajstić information content (AvgIpc) is 3.00. The van der Waals surface area contributed by atoms with Gasteiger partial charge in [-0.2, -0.15) is 5.10 Å². The Bertz CT molecular complexity index is 1600. The predicted octanol–water partition coefficient (Wildman–Crippen LogP) is 5.86. The number of amides is 2. The molecule has 0 saturated heterocycles. The van der Waals surface area contributed by atoms with Gasteiger partial charge < -0.3 is 34.7 Å². The number of allylic oxidation sites excluding steroid dienone is 1. The molecule has 238 valence electrons. The SMILES string of the molecule is CCOc1cc([C@H]2NC(=O)NC(C)=C2C(=O)OC)ccc1OC[C@@H](O)N/N=C/c1cc(Cl)cc(Cl)c1OCc1ccc(Br)cc1. The molecule has 0 aromatic heterocycles. The zero-order valence-electron chi connectivity index (χ0n) is 24.5. The number of benzene rings is 3. The van der Waals surface area contributed by atoms with Crippen LogP contribution in [0.25, 0.3) is 0 Å². The van der Waals surface area contributed by atoms with Crippen LogP contribution in [0.2, 0.25) is 10.0 Å². The summed E-state index contributed by atoms with van der Waals surface area (Å²) in [5, 5.41) is 20.6. The monoisotopic (exact) mass is 720 g/mol. The number of halogens is 3. The molecule has 14 heteroatoms. The summed E-state index contributed by atoms with van der Waals surface area (Å²) >= 11 is 16.0. The fraction of sp³-hybridized carbons (Fsp3) is 0.258. The van der Waals surface area contributed by atoms with Crippen molar-refractivity contribution in [3.8, 4) is 17.2 Å². The summed E-state index contributed by atoms with van der Waals surface area (Å²) in [4.78, 5) is 24.6. The van der Waals surface area contributed by atoms with Crippen molar-refractivity contribution in [2.24, 2.45) is 5.10 Å². The Morgan fingerprint density at radius 1 is 1.11 bits per heavy atom. The lowest BCUT2D eigenvalue weighted by Gasteiger charge is -2.28. The molecule has 4 N–H and O–H groups in total. The predicted molar refractivity (Wildman–Crippen MR) is 174 cm³/mol. The maximum absolute atomic E-state index is 12.5. The number of carbonyl (C=O) groups excluding carboxylic acids is 2. The van der Waals surface area contributed by atoms with Crippen LogP contribution in [0, 0.1) is 0 Å². The molecular weight excluding hydrogens is 691 g/mol. The Kier molecular flexibility index (Phi) is 11.9. The standard InChI is InChI=1S/C31H31BrCl2N4O7/c1-4-43-25-12-19(28-27(30(40)42-3)17(2)36-31(41)37-28)7-10-24(25)44-16-26(39)38-35-14-20-11-22(33)13-23(34)29(20)45-15-18-5-8-21(32)9-6-18/h5-14,26,28,38-39H,4,15-16H2,1-3H3,(H2,36,37,41)/b35-14+/t26-,28-/m1/s1. The van der Waals surface area contributed by atoms with Gasteiger partial charge in [0.25, 0.3) is 0 Å². The number of aliphatic hydroxyl groups is 1. The van der Waals surface area contributed by atoms with E-state index in [1.165, 1.54) is 13.3 Å². The Hall–Kier alpha value is -3.97. The number of esters is 1. The molecule has 3 aromatic carbocycles. The van der Waals surface area contributed by atoms with Gasteiger partial charge in [0.15, 0.2) is 17.7 Å². The van der Waals surface area contributed by atoms with Crippen LogP contribution in [0.4, 0.5) is 4.79 Å². The van der Waals surface area contributed by atoms with Crippen LogP contribution in [0.5, 0.6) is 17.2 Å². The lowest BCUT2D eigenvalue weighted by molar-refractivity contribution is -0.136. The Labute approximate surface area is 278 Å². The number of aliphatic hydroxyl groups excluding tert-OH is 1. The number of hydrazone groups is 1. The van der Waals surface area contributed by atoms with Gasteiger partial charge in [0.2, 0.25) is 0 Å². The fourth-order valence-corrected chi connectivity index (χ4v) is 5.21. The molecule has 45 heavy (non-hydrogen) atoms. The number of hydrogen-bond donors (Lipinski definition) is 4. The Morgan fingerprint density at radius 2 is 1.87 bits per heavy atom. The molecule has 0 fully saturated rings. The molecule has 0 radical (unpaired) electrons. The zero-order valence-corrected chi connectivity index (χ0v) is 27.6. The van der Waals surface area contributed by atoms with Crippen LogP contribution < -0.4 is 30.3 Å². The topological polar surface area (TPSA) is 140 Å². The summed E-state index contributed by atoms with van der Waals surface area (Å²) in [5.41, 5.74) is 5.25. The summed E-state index contributed by atoms with van der Waals surface area (Å²) < 4.78 is 23.4. The number of nitrogens with one attached hydrogen (secondary N) is 3. The summed E-state index contributed by atoms with van der Waals surface area (Å²) in [6.07, 6.45) is 0.220. The van der Waals surface area contributed by atoms with E-state index in [2.05, 4.69) is 37.1 Å². The Balaban J connectivity index is 1.42. The Morgan fingerprint density at radius 3 is 2.58 bits per heavy atom. The second kappa shape index (κ2) is 15.8. The van der Waals surface area contributed by atoms with Crippen LogP contribution in [-0.2, 0) is 16.1 Å². The van der Waals surface area contributed by atoms with Gasteiger partial charge >= 0.3 is 12.0 Å². The molecule has 0 unspecified atom stereocenters. The van der Waals surface area contributed by atoms with Crippen LogP contribution in [0.3, 0.4) is 0 Å². The number of urea groups is 1. The van der Waals surface area contributed by atoms with Crippen molar-refractivity contribution in [3.05, 3.63) is 97.1 Å². The quantitative estimate of drug-likeness (QED) is 0.0746. The van der Waals surface area contributed by atoms with E-state index in [1.807, 2.05) is 24.3 Å². The smallest absolute Gasteiger partial charge is 0.337 e. The van der Waals surface area contributed by atoms with E-state index < -0.39 is 24.3 Å². The van der Waals surface area contributed by atoms with Crippen molar-refractivity contribution in [1.82, 2.24) is 16.1 Å². The molecule has 0 bridgehead atoms. The molecule has 2 amide bonds. The van der Waals surface area contributed by atoms with Crippen molar-refractivity contribution in [1.29, 1.82) is 0 Å². The van der Waals surface area contributed by atoms with Gasteiger partial charge in [0, 0.05) is 20.8 Å². The first-order valence-corrected chi connectivity index (χ1v) is 15.2. The summed E-state index contributed by atoms with van der Waals surface area (Å²) in [7, 11) is 1.27. The van der Waals surface area contributed by atoms with E-state index in [0.29, 0.717) is 50.7 Å². The van der Waals surface area contributed by atoms with Crippen LogP contribution in [0.1, 0.15) is 36.6 Å². The maximum Gasteiger partial charge on any atom is 0.337 e. The number of methoxy groups -OCH3 is 1. The third-order valence-electron chi connectivity index (χ3n) is 6.43. The first kappa shape index (κ1) is 33.9. The van der Waals surface area contributed by atoms with Crippen LogP contribution in [0.15, 0.2) is 75.4 Å². The minimum Gasteiger partial charge on any atom is -0.490 e. The first-order chi connectivity index (χ1) is 21.6. The summed E-state index contributed by atoms with van der Waals surface area (Å²) in [6, 6.07) is 14.6. The van der Waals surface area contributed by atoms with Crippen LogP contribution in [-0.4, -0.2) is 49.9 Å². The minimum absolute atomic E-state index is 0.198. The highest BCUT2D eigenvalue weighted by atomic mass is 79.9. The van der Waals surface area contributed by atoms with Gasteiger partial charge in [0.05, 0.1) is 36.6 Å². The number of nitrogens with zero attached hydrogens (tertiary/aromatic N) is 1. The molecule has 0 saturated carbocycles. The van der Waals surface area contributed by atoms with Gasteiger partial charge in [-0.25, -0.2) is 9.59 Å². The third-order valence-corrected chi connectivity index (χ3v) is 7.46. The van der Waals surface area contributed by atoms with Gasteiger partial charge in [-0.1, -0.05) is 57.3 Å².